The van der Waals surface area contributed by atoms with Crippen molar-refractivity contribution in [2.75, 3.05) is 27.0 Å². The van der Waals surface area contributed by atoms with E-state index in [1.165, 1.54) is 13.3 Å². The van der Waals surface area contributed by atoms with Gasteiger partial charge in [0.25, 0.3) is 5.56 Å². The minimum atomic E-state index is -3.86. The summed E-state index contributed by atoms with van der Waals surface area (Å²) in [6.45, 7) is 1.13. The minimum Gasteiger partial charge on any atom is -0.381 e. The summed E-state index contributed by atoms with van der Waals surface area (Å²) >= 11 is 0. The Kier molecular flexibility index (Phi) is 4.49. The largest absolute Gasteiger partial charge is 0.381 e. The molecule has 0 amide bonds. The highest BCUT2D eigenvalue weighted by atomic mass is 31.2. The lowest BCUT2D eigenvalue weighted by Crippen LogP contribution is -2.46. The van der Waals surface area contributed by atoms with E-state index in [0.717, 1.165) is 11.2 Å². The minimum absolute atomic E-state index is 0.0186. The first kappa shape index (κ1) is 18.1. The van der Waals surface area contributed by atoms with Crippen molar-refractivity contribution in [2.45, 2.75) is 24.0 Å². The molecular weight excluding hydrogens is 355 g/mol. The van der Waals surface area contributed by atoms with Crippen molar-refractivity contribution in [2.24, 2.45) is 0 Å². The number of terminal acetylenes is 1. The maximum absolute atomic E-state index is 12.2. The highest BCUT2D eigenvalue weighted by Gasteiger charge is 2.64. The molecule has 5 atom stereocenters. The number of hydrogen-bond donors (Lipinski definition) is 2. The van der Waals surface area contributed by atoms with Crippen LogP contribution in [0, 0.1) is 12.3 Å². The molecule has 0 aromatic carbocycles. The van der Waals surface area contributed by atoms with Gasteiger partial charge in [0, 0.05) is 20.0 Å². The van der Waals surface area contributed by atoms with Crippen LogP contribution in [0.3, 0.4) is 0 Å². The summed E-state index contributed by atoms with van der Waals surface area (Å²) in [7, 11) is -2.43. The molecule has 10 nitrogen and oxygen atoms in total. The average molecular weight is 372 g/mol. The van der Waals surface area contributed by atoms with Crippen molar-refractivity contribution < 1.29 is 28.2 Å². The second-order valence-corrected chi connectivity index (χ2v) is 7.78. The van der Waals surface area contributed by atoms with Gasteiger partial charge < -0.3 is 19.1 Å². The summed E-state index contributed by atoms with van der Waals surface area (Å²) in [5.41, 5.74) is -2.67. The van der Waals surface area contributed by atoms with Gasteiger partial charge in [-0.1, -0.05) is 5.92 Å². The van der Waals surface area contributed by atoms with Gasteiger partial charge in [-0.15, -0.1) is 6.42 Å². The smallest absolute Gasteiger partial charge is 0.330 e. The zero-order valence-corrected chi connectivity index (χ0v) is 14.4. The van der Waals surface area contributed by atoms with Gasteiger partial charge in [0.2, 0.25) is 0 Å². The molecule has 11 heteroatoms. The molecule has 3 heterocycles. The number of nitrogens with zero attached hydrogens (tertiary/aromatic N) is 1. The van der Waals surface area contributed by atoms with Crippen molar-refractivity contribution in [3.63, 3.8) is 0 Å². The molecule has 1 aromatic rings. The van der Waals surface area contributed by atoms with Crippen molar-refractivity contribution in [1.29, 1.82) is 0 Å². The van der Waals surface area contributed by atoms with E-state index in [1.807, 2.05) is 0 Å². The van der Waals surface area contributed by atoms with E-state index >= 15 is 0 Å². The quantitative estimate of drug-likeness (QED) is 0.499. The maximum atomic E-state index is 12.2. The molecule has 2 N–H and O–H groups in total. The molecule has 2 saturated heterocycles. The monoisotopic (exact) mass is 372 g/mol. The number of aromatic amines is 1. The first-order chi connectivity index (χ1) is 11.7. The van der Waals surface area contributed by atoms with Crippen LogP contribution >= 0.6 is 7.60 Å². The zero-order chi connectivity index (χ0) is 18.4. The van der Waals surface area contributed by atoms with E-state index in [-0.39, 0.29) is 18.8 Å². The second-order valence-electron chi connectivity index (χ2n) is 5.96. The van der Waals surface area contributed by atoms with Crippen molar-refractivity contribution in [1.82, 2.24) is 9.55 Å². The molecule has 0 radical (unpaired) electrons. The molecule has 2 aliphatic rings. The van der Waals surface area contributed by atoms with Gasteiger partial charge >= 0.3 is 13.3 Å². The fourth-order valence-electron chi connectivity index (χ4n) is 3.11. The molecular formula is C14H17N2O8P. The number of nitrogens with one attached hydrogen (secondary N) is 1. The van der Waals surface area contributed by atoms with Crippen LogP contribution in [0.25, 0.3) is 0 Å². The van der Waals surface area contributed by atoms with Crippen LogP contribution in [0.5, 0.6) is 0 Å². The summed E-state index contributed by atoms with van der Waals surface area (Å²) in [5, 5.41) is 0. The maximum Gasteiger partial charge on any atom is 0.330 e. The first-order valence-electron chi connectivity index (χ1n) is 7.30. The number of rotatable bonds is 5. The topological polar surface area (TPSA) is 129 Å². The molecule has 2 fully saturated rings. The molecule has 3 rings (SSSR count). The first-order valence-corrected chi connectivity index (χ1v) is 9.32. The van der Waals surface area contributed by atoms with Gasteiger partial charge in [-0.05, 0) is 0 Å². The molecule has 0 spiro atoms. The van der Waals surface area contributed by atoms with Crippen LogP contribution in [-0.4, -0.2) is 59.2 Å². The fourth-order valence-corrected chi connectivity index (χ4v) is 3.84. The number of H-pyrrole nitrogens is 1. The Balaban J connectivity index is 2.04. The predicted octanol–water partition coefficient (Wildman–Crippen LogP) is -0.969. The molecule has 2 aliphatic heterocycles. The lowest BCUT2D eigenvalue weighted by atomic mass is 10.0. The van der Waals surface area contributed by atoms with Gasteiger partial charge in [-0.3, -0.25) is 23.4 Å². The third kappa shape index (κ3) is 3.11. The van der Waals surface area contributed by atoms with Gasteiger partial charge in [0.15, 0.2) is 6.23 Å². The lowest BCUT2D eigenvalue weighted by molar-refractivity contribution is -0.190. The van der Waals surface area contributed by atoms with Crippen LogP contribution in [0.4, 0.5) is 0 Å². The number of aromatic nitrogens is 2. The van der Waals surface area contributed by atoms with E-state index in [1.54, 1.807) is 0 Å². The Hall–Kier alpha value is -1.73. The summed E-state index contributed by atoms with van der Waals surface area (Å²) in [4.78, 5) is 35.5. The van der Waals surface area contributed by atoms with Crippen LogP contribution in [0.1, 0.15) is 11.8 Å². The zero-order valence-electron chi connectivity index (χ0n) is 13.5. The third-order valence-corrected chi connectivity index (χ3v) is 4.69. The van der Waals surface area contributed by atoms with Crippen molar-refractivity contribution in [3.8, 4) is 12.3 Å². The van der Waals surface area contributed by atoms with E-state index in [2.05, 4.69) is 10.9 Å². The molecule has 2 bridgehead atoms. The second kappa shape index (κ2) is 6.21. The molecule has 2 unspecified atom stereocenters. The Labute approximate surface area is 142 Å². The Morgan fingerprint density at radius 2 is 2.32 bits per heavy atom. The summed E-state index contributed by atoms with van der Waals surface area (Å²) in [5.74, 6) is 2.17. The van der Waals surface area contributed by atoms with Gasteiger partial charge in [-0.25, -0.2) is 4.79 Å². The highest BCUT2D eigenvalue weighted by Crippen LogP contribution is 2.52. The molecule has 25 heavy (non-hydrogen) atoms. The molecule has 0 saturated carbocycles. The van der Waals surface area contributed by atoms with Crippen LogP contribution < -0.4 is 11.2 Å². The number of hydrogen-bond acceptors (Lipinski definition) is 7. The normalized spacial score (nSPS) is 33.1. The summed E-state index contributed by atoms with van der Waals surface area (Å²) < 4.78 is 34.8. The summed E-state index contributed by atoms with van der Waals surface area (Å²) in [6.07, 6.45) is 3.64. The van der Waals surface area contributed by atoms with E-state index in [4.69, 9.17) is 25.2 Å². The van der Waals surface area contributed by atoms with Gasteiger partial charge in [0.05, 0.1) is 13.2 Å². The number of ether oxygens (including phenoxy) is 3. The Morgan fingerprint density at radius 3 is 2.92 bits per heavy atom. The van der Waals surface area contributed by atoms with Crippen molar-refractivity contribution in [3.05, 3.63) is 32.6 Å². The molecule has 1 aromatic heterocycles. The van der Waals surface area contributed by atoms with E-state index in [0.29, 0.717) is 0 Å². The SMILES string of the molecule is C#Cc1cn([C@@H]2O[C@@]3(COC)COC2[C@H]3OP(C)(=O)O)c(=O)[nH]c1=O. The fraction of sp³-hybridized carbons (Fsp3) is 0.571. The lowest BCUT2D eigenvalue weighted by Gasteiger charge is -2.31. The van der Waals surface area contributed by atoms with Crippen LogP contribution in [-0.2, 0) is 23.3 Å². The molecule has 0 aliphatic carbocycles. The number of methoxy groups -OCH3 is 1. The van der Waals surface area contributed by atoms with Gasteiger partial charge in [0.1, 0.15) is 23.4 Å². The number of fused-ring (bicyclic) bond motifs is 2. The standard InChI is InChI=1S/C14H17N2O8P/c1-4-8-5-16(13(18)15-11(8)17)12-9-10(24-25(3,19)20)14(23-12,6-21-2)7-22-9/h1,5,9-10,12H,6-7H2,2-3H3,(H,19,20)(H,15,17,18)/t9?,10-,12-,14+/m1/s1. The average Bonchev–Trinajstić information content (AvgIpc) is 2.97. The highest BCUT2D eigenvalue weighted by molar-refractivity contribution is 7.51. The Bertz CT molecular complexity index is 880. The molecule has 136 valence electrons. The van der Waals surface area contributed by atoms with Crippen LogP contribution in [0.2, 0.25) is 0 Å². The van der Waals surface area contributed by atoms with Crippen molar-refractivity contribution >= 4 is 7.60 Å². The van der Waals surface area contributed by atoms with Crippen LogP contribution in [0.15, 0.2) is 15.8 Å². The third-order valence-electron chi connectivity index (χ3n) is 4.07. The Morgan fingerprint density at radius 1 is 1.60 bits per heavy atom. The van der Waals surface area contributed by atoms with Gasteiger partial charge in [-0.2, -0.15) is 0 Å². The van der Waals surface area contributed by atoms with E-state index in [9.17, 15) is 19.0 Å². The predicted molar refractivity (Wildman–Crippen MR) is 84.3 cm³/mol. The van der Waals surface area contributed by atoms with E-state index < -0.39 is 42.9 Å². The summed E-state index contributed by atoms with van der Waals surface area (Å²) in [6, 6.07) is 0.